The maximum atomic E-state index is 7.90. The summed E-state index contributed by atoms with van der Waals surface area (Å²) in [6.07, 6.45) is 0. The maximum absolute atomic E-state index is 7.90. The highest BCUT2D eigenvalue weighted by Gasteiger charge is 2.02. The van der Waals surface area contributed by atoms with E-state index >= 15 is 0 Å². The average Bonchev–Trinajstić information content (AvgIpc) is 2.36. The van der Waals surface area contributed by atoms with E-state index in [0.29, 0.717) is 10.0 Å². The third-order valence-corrected chi connectivity index (χ3v) is 2.41. The predicted molar refractivity (Wildman–Crippen MR) is 62.1 cm³/mol. The highest BCUT2D eigenvalue weighted by Crippen LogP contribution is 2.26. The monoisotopic (exact) mass is 253 g/mol. The van der Waals surface area contributed by atoms with Crippen molar-refractivity contribution in [2.75, 3.05) is 0 Å². The highest BCUT2D eigenvalue weighted by molar-refractivity contribution is 9.10. The lowest BCUT2D eigenvalue weighted by Crippen LogP contribution is -1.86. The number of hydrogen-bond donors (Lipinski definition) is 0. The van der Waals surface area contributed by atoms with Gasteiger partial charge in [0.2, 0.25) is 0 Å². The second kappa shape index (κ2) is 3.93. The van der Waals surface area contributed by atoms with Crippen LogP contribution in [-0.2, 0) is 0 Å². The zero-order chi connectivity index (χ0) is 15.1. The Morgan fingerprint density at radius 1 is 1.36 bits per heavy atom. The van der Waals surface area contributed by atoms with Crippen LogP contribution in [-0.4, -0.2) is 4.98 Å². The number of aryl methyl sites for hydroxylation is 1. The van der Waals surface area contributed by atoms with Crippen LogP contribution >= 0.6 is 15.9 Å². The number of pyridine rings is 1. The van der Waals surface area contributed by atoms with Crippen LogP contribution in [0, 0.1) is 6.85 Å². The largest absolute Gasteiger partial charge is 0.253 e. The van der Waals surface area contributed by atoms with Gasteiger partial charge in [-0.25, -0.2) is 0 Å². The van der Waals surface area contributed by atoms with E-state index in [2.05, 4.69) is 20.9 Å². The Morgan fingerprint density at radius 2 is 2.21 bits per heavy atom. The molecule has 0 saturated heterocycles. The third-order valence-electron chi connectivity index (χ3n) is 1.71. The molecule has 0 saturated carbocycles. The Hall–Kier alpha value is -1.15. The molecule has 0 aliphatic heterocycles. The molecule has 70 valence electrons. The first-order chi connectivity index (χ1) is 9.23. The molecule has 0 bridgehead atoms. The minimum atomic E-state index is -2.59. The second-order valence-corrected chi connectivity index (χ2v) is 3.52. The Morgan fingerprint density at radius 3 is 3.00 bits per heavy atom. The minimum absolute atomic E-state index is 0.0876. The molecule has 0 spiro atoms. The average molecular weight is 254 g/mol. The number of halogens is 1. The SMILES string of the molecule is [2H]c1c(-c2ccccc2Br)nc(C([2H])([2H])[2H])c([2H])c1[2H]. The fourth-order valence-electron chi connectivity index (χ4n) is 1.10. The molecule has 2 heteroatoms. The zero-order valence-electron chi connectivity index (χ0n) is 13.1. The Balaban J connectivity index is 2.79. The molecule has 14 heavy (non-hydrogen) atoms. The minimum Gasteiger partial charge on any atom is -0.253 e. The van der Waals surface area contributed by atoms with Crippen LogP contribution in [0.15, 0.2) is 46.9 Å². The van der Waals surface area contributed by atoms with Gasteiger partial charge in [-0.1, -0.05) is 40.2 Å². The lowest BCUT2D eigenvalue weighted by atomic mass is 10.1. The van der Waals surface area contributed by atoms with E-state index in [9.17, 15) is 0 Å². The van der Waals surface area contributed by atoms with E-state index in [-0.39, 0.29) is 11.7 Å². The Kier molecular flexibility index (Phi) is 1.28. The van der Waals surface area contributed by atoms with E-state index < -0.39 is 24.6 Å². The standard InChI is InChI=1S/C12H10BrN/c1-9-5-4-8-12(14-9)10-6-2-3-7-11(10)13/h2-8H,1H3/i1D3,4D,5D,8D. The molecule has 2 rings (SSSR count). The molecule has 0 N–H and O–H groups in total. The first-order valence-corrected chi connectivity index (χ1v) is 4.76. The van der Waals surface area contributed by atoms with E-state index in [0.717, 1.165) is 0 Å². The van der Waals surface area contributed by atoms with Gasteiger partial charge in [0.1, 0.15) is 0 Å². The quantitative estimate of drug-likeness (QED) is 0.753. The van der Waals surface area contributed by atoms with E-state index in [1.54, 1.807) is 24.3 Å². The van der Waals surface area contributed by atoms with Crippen molar-refractivity contribution >= 4 is 15.9 Å². The van der Waals surface area contributed by atoms with Crippen LogP contribution in [0.25, 0.3) is 11.3 Å². The van der Waals surface area contributed by atoms with E-state index in [4.69, 9.17) is 8.22 Å². The molecule has 0 unspecified atom stereocenters. The zero-order valence-corrected chi connectivity index (χ0v) is 8.72. The van der Waals surface area contributed by atoms with Gasteiger partial charge in [0.15, 0.2) is 0 Å². The molecule has 0 amide bonds. The number of aromatic nitrogens is 1. The predicted octanol–water partition coefficient (Wildman–Crippen LogP) is 3.82. The molecule has 0 radical (unpaired) electrons. The summed E-state index contributed by atoms with van der Waals surface area (Å²) in [7, 11) is 0. The van der Waals surface area contributed by atoms with Crippen LogP contribution in [0.1, 0.15) is 13.9 Å². The summed E-state index contributed by atoms with van der Waals surface area (Å²) in [5.74, 6) is 0. The van der Waals surface area contributed by atoms with Crippen molar-refractivity contribution in [1.82, 2.24) is 4.98 Å². The molecule has 1 aromatic heterocycles. The molecular weight excluding hydrogens is 238 g/mol. The van der Waals surface area contributed by atoms with Gasteiger partial charge >= 0.3 is 0 Å². The van der Waals surface area contributed by atoms with E-state index in [1.807, 2.05) is 0 Å². The summed E-state index contributed by atoms with van der Waals surface area (Å²) in [6, 6.07) is 5.72. The van der Waals surface area contributed by atoms with Crippen LogP contribution in [0.3, 0.4) is 0 Å². The van der Waals surface area contributed by atoms with Crippen molar-refractivity contribution in [2.45, 2.75) is 6.85 Å². The Labute approximate surface area is 100 Å². The first kappa shape index (κ1) is 4.58. The first-order valence-electron chi connectivity index (χ1n) is 6.96. The molecule has 0 aliphatic carbocycles. The molecule has 1 heterocycles. The van der Waals surface area contributed by atoms with Crippen molar-refractivity contribution in [1.29, 1.82) is 0 Å². The second-order valence-electron chi connectivity index (χ2n) is 2.66. The lowest BCUT2D eigenvalue weighted by molar-refractivity contribution is 1.20. The molecule has 1 aromatic carbocycles. The van der Waals surface area contributed by atoms with E-state index in [1.165, 1.54) is 0 Å². The summed E-state index contributed by atoms with van der Waals surface area (Å²) in [4.78, 5) is 3.95. The van der Waals surface area contributed by atoms with Crippen LogP contribution in [0.2, 0.25) is 0 Å². The van der Waals surface area contributed by atoms with Crippen LogP contribution < -0.4 is 0 Å². The summed E-state index contributed by atoms with van der Waals surface area (Å²) < 4.78 is 46.1. The number of hydrogen-bond acceptors (Lipinski definition) is 1. The van der Waals surface area contributed by atoms with Gasteiger partial charge in [0.05, 0.1) is 9.81 Å². The van der Waals surface area contributed by atoms with Gasteiger partial charge in [-0.2, -0.15) is 0 Å². The Bertz CT molecular complexity index is 668. The topological polar surface area (TPSA) is 12.9 Å². The lowest BCUT2D eigenvalue weighted by Gasteiger charge is -2.03. The maximum Gasteiger partial charge on any atom is 0.0716 e. The van der Waals surface area contributed by atoms with Crippen molar-refractivity contribution < 1.29 is 8.22 Å². The summed E-state index contributed by atoms with van der Waals surface area (Å²) in [5, 5.41) is 0. The summed E-state index contributed by atoms with van der Waals surface area (Å²) in [6.45, 7) is -2.59. The van der Waals surface area contributed by atoms with Gasteiger partial charge in [-0.15, -0.1) is 0 Å². The van der Waals surface area contributed by atoms with Gasteiger partial charge in [-0.3, -0.25) is 4.98 Å². The fourth-order valence-corrected chi connectivity index (χ4v) is 1.57. The van der Waals surface area contributed by atoms with Gasteiger partial charge in [0, 0.05) is 19.8 Å². The van der Waals surface area contributed by atoms with Crippen molar-refractivity contribution in [3.8, 4) is 11.3 Å². The summed E-state index contributed by atoms with van der Waals surface area (Å²) in [5.41, 5.74) is 0.158. The van der Waals surface area contributed by atoms with Gasteiger partial charge in [-0.05, 0) is 25.0 Å². The number of rotatable bonds is 1. The van der Waals surface area contributed by atoms with Crippen molar-refractivity contribution in [3.63, 3.8) is 0 Å². The third kappa shape index (κ3) is 1.85. The van der Waals surface area contributed by atoms with Crippen molar-refractivity contribution in [3.05, 3.63) is 52.6 Å². The van der Waals surface area contributed by atoms with Crippen molar-refractivity contribution in [2.24, 2.45) is 0 Å². The number of benzene rings is 1. The van der Waals surface area contributed by atoms with Gasteiger partial charge in [0.25, 0.3) is 0 Å². The number of nitrogens with zero attached hydrogens (tertiary/aromatic N) is 1. The fraction of sp³-hybridized carbons (Fsp3) is 0.0833. The van der Waals surface area contributed by atoms with Crippen LogP contribution in [0.5, 0.6) is 0 Å². The molecular formula is C12H10BrN. The molecule has 0 aliphatic rings. The molecule has 0 fully saturated rings. The van der Waals surface area contributed by atoms with Gasteiger partial charge < -0.3 is 0 Å². The molecule has 0 atom stereocenters. The molecule has 1 nitrogen and oxygen atoms in total. The molecule has 2 aromatic rings. The smallest absolute Gasteiger partial charge is 0.0716 e. The van der Waals surface area contributed by atoms with Crippen LogP contribution in [0.4, 0.5) is 0 Å². The normalized spacial score (nSPS) is 17.2. The summed E-state index contributed by atoms with van der Waals surface area (Å²) >= 11 is 3.31. The highest BCUT2D eigenvalue weighted by atomic mass is 79.9.